The summed E-state index contributed by atoms with van der Waals surface area (Å²) < 4.78 is 53.1. The van der Waals surface area contributed by atoms with Crippen LogP contribution in [0.15, 0.2) is 18.2 Å². The van der Waals surface area contributed by atoms with Gasteiger partial charge in [0.1, 0.15) is 5.82 Å². The second kappa shape index (κ2) is 8.25. The number of nitrogens with one attached hydrogen (secondary N) is 2. The van der Waals surface area contributed by atoms with Crippen LogP contribution in [0.1, 0.15) is 81.3 Å². The zero-order chi connectivity index (χ0) is 23.4. The summed E-state index contributed by atoms with van der Waals surface area (Å²) in [5.41, 5.74) is 8.85. The lowest BCUT2D eigenvalue weighted by molar-refractivity contribution is -0.134. The Morgan fingerprint density at radius 3 is 2.42 bits per heavy atom. The largest absolute Gasteiger partial charge is 0.349 e. The first-order valence-corrected chi connectivity index (χ1v) is 11.9. The smallest absolute Gasteiger partial charge is 0.248 e. The van der Waals surface area contributed by atoms with Gasteiger partial charge >= 0.3 is 0 Å². The number of halogens is 4. The zero-order valence-corrected chi connectivity index (χ0v) is 18.4. The van der Waals surface area contributed by atoms with Gasteiger partial charge in [-0.25, -0.2) is 22.5 Å². The van der Waals surface area contributed by atoms with Crippen LogP contribution in [-0.4, -0.2) is 27.7 Å². The number of aromatic amines is 1. The molecule has 3 saturated carbocycles. The first-order valence-electron chi connectivity index (χ1n) is 11.9. The number of amides is 1. The Hall–Kier alpha value is -2.16. The molecule has 2 aromatic rings. The molecule has 0 spiro atoms. The van der Waals surface area contributed by atoms with Crippen molar-refractivity contribution in [1.82, 2.24) is 15.3 Å². The highest BCUT2D eigenvalue weighted by Gasteiger charge is 2.46. The molecule has 2 atom stereocenters. The van der Waals surface area contributed by atoms with E-state index >= 15 is 0 Å². The molecule has 1 aromatic heterocycles. The molecule has 1 heterocycles. The van der Waals surface area contributed by atoms with Gasteiger partial charge in [0.05, 0.1) is 23.1 Å². The summed E-state index contributed by atoms with van der Waals surface area (Å²) in [5.74, 6) is -4.77. The number of carbonyl (C=O) groups excluding carboxylic acids is 1. The van der Waals surface area contributed by atoms with Crippen LogP contribution in [-0.2, 0) is 4.79 Å². The zero-order valence-electron chi connectivity index (χ0n) is 18.4. The number of nitrogens with zero attached hydrogens (tertiary/aromatic N) is 1. The van der Waals surface area contributed by atoms with E-state index in [1.54, 1.807) is 0 Å². The molecule has 5 rings (SSSR count). The Labute approximate surface area is 189 Å². The standard InChI is InChI=1S/C24H30F4N4O/c25-23(26)7-5-14(6-8-23)20(29)22-30-17-4-3-16(10-18(17)31-22)21(15-1-2-15)32-19(33)9-13-11-24(27,28)12-13/h3-4,10,13-15,20-21H,1-2,5-9,11-12,29H2,(H,30,31)(H,32,33)/t20-,21+/m0/s1. The quantitative estimate of drug-likeness (QED) is 0.479. The highest BCUT2D eigenvalue weighted by Crippen LogP contribution is 2.45. The summed E-state index contributed by atoms with van der Waals surface area (Å²) in [6.07, 6.45) is 2.19. The molecule has 0 bridgehead atoms. The Balaban J connectivity index is 1.27. The number of fused-ring (bicyclic) bond motifs is 1. The Kier molecular flexibility index (Phi) is 5.66. The fourth-order valence-corrected chi connectivity index (χ4v) is 5.37. The van der Waals surface area contributed by atoms with Gasteiger partial charge < -0.3 is 16.0 Å². The fourth-order valence-electron chi connectivity index (χ4n) is 5.37. The predicted octanol–water partition coefficient (Wildman–Crippen LogP) is 5.39. The maximum Gasteiger partial charge on any atom is 0.248 e. The predicted molar refractivity (Wildman–Crippen MR) is 116 cm³/mol. The van der Waals surface area contributed by atoms with Crippen molar-refractivity contribution in [3.63, 3.8) is 0 Å². The van der Waals surface area contributed by atoms with Crippen LogP contribution in [0, 0.1) is 17.8 Å². The van der Waals surface area contributed by atoms with E-state index in [4.69, 9.17) is 5.73 Å². The first-order chi connectivity index (χ1) is 15.6. The molecule has 5 nitrogen and oxygen atoms in total. The number of alkyl halides is 4. The third-order valence-electron chi connectivity index (χ3n) is 7.53. The van der Waals surface area contributed by atoms with Crippen molar-refractivity contribution in [1.29, 1.82) is 0 Å². The van der Waals surface area contributed by atoms with Crippen molar-refractivity contribution >= 4 is 16.9 Å². The molecule has 4 N–H and O–H groups in total. The van der Waals surface area contributed by atoms with E-state index in [0.29, 0.717) is 24.6 Å². The van der Waals surface area contributed by atoms with E-state index in [9.17, 15) is 22.4 Å². The lowest BCUT2D eigenvalue weighted by Crippen LogP contribution is -2.39. The number of imidazole rings is 1. The van der Waals surface area contributed by atoms with Gasteiger partial charge in [0.25, 0.3) is 0 Å². The van der Waals surface area contributed by atoms with Crippen molar-refractivity contribution < 1.29 is 22.4 Å². The minimum Gasteiger partial charge on any atom is -0.349 e. The van der Waals surface area contributed by atoms with Crippen molar-refractivity contribution in [2.24, 2.45) is 23.5 Å². The van der Waals surface area contributed by atoms with Crippen LogP contribution in [0.4, 0.5) is 17.6 Å². The van der Waals surface area contributed by atoms with E-state index in [2.05, 4.69) is 15.3 Å². The highest BCUT2D eigenvalue weighted by molar-refractivity contribution is 5.78. The fraction of sp³-hybridized carbons (Fsp3) is 0.667. The van der Waals surface area contributed by atoms with Gasteiger partial charge in [-0.3, -0.25) is 4.79 Å². The van der Waals surface area contributed by atoms with Crippen LogP contribution in [0.5, 0.6) is 0 Å². The normalized spacial score (nSPS) is 24.9. The molecule has 33 heavy (non-hydrogen) atoms. The number of hydrogen-bond acceptors (Lipinski definition) is 3. The third-order valence-corrected chi connectivity index (χ3v) is 7.53. The van der Waals surface area contributed by atoms with E-state index < -0.39 is 17.9 Å². The molecular weight excluding hydrogens is 436 g/mol. The van der Waals surface area contributed by atoms with Crippen LogP contribution in [0.2, 0.25) is 0 Å². The summed E-state index contributed by atoms with van der Waals surface area (Å²) in [4.78, 5) is 20.4. The number of benzene rings is 1. The molecule has 3 aliphatic rings. The second-order valence-corrected chi connectivity index (χ2v) is 10.3. The molecule has 1 amide bonds. The molecule has 0 radical (unpaired) electrons. The maximum atomic E-state index is 13.5. The molecule has 0 unspecified atom stereocenters. The van der Waals surface area contributed by atoms with Crippen LogP contribution in [0.3, 0.4) is 0 Å². The van der Waals surface area contributed by atoms with Crippen LogP contribution >= 0.6 is 0 Å². The van der Waals surface area contributed by atoms with Gasteiger partial charge in [0, 0.05) is 32.1 Å². The Morgan fingerprint density at radius 1 is 1.09 bits per heavy atom. The van der Waals surface area contributed by atoms with Gasteiger partial charge in [0.15, 0.2) is 0 Å². The van der Waals surface area contributed by atoms with Crippen molar-refractivity contribution in [2.75, 3.05) is 0 Å². The minimum absolute atomic E-state index is 0.0398. The average molecular weight is 467 g/mol. The first kappa shape index (κ1) is 22.6. The van der Waals surface area contributed by atoms with Crippen LogP contribution in [0.25, 0.3) is 11.0 Å². The van der Waals surface area contributed by atoms with E-state index in [1.165, 1.54) is 0 Å². The highest BCUT2D eigenvalue weighted by atomic mass is 19.3. The summed E-state index contributed by atoms with van der Waals surface area (Å²) >= 11 is 0. The van der Waals surface area contributed by atoms with Gasteiger partial charge in [-0.1, -0.05) is 6.07 Å². The minimum atomic E-state index is -2.62. The lowest BCUT2D eigenvalue weighted by atomic mass is 9.79. The maximum absolute atomic E-state index is 13.5. The van der Waals surface area contributed by atoms with Gasteiger partial charge in [0.2, 0.25) is 17.8 Å². The molecule has 9 heteroatoms. The molecule has 1 aromatic carbocycles. The molecule has 3 aliphatic carbocycles. The topological polar surface area (TPSA) is 83.8 Å². The average Bonchev–Trinajstić information content (AvgIpc) is 3.48. The number of nitrogens with two attached hydrogens (primary N) is 1. The molecule has 0 saturated heterocycles. The van der Waals surface area contributed by atoms with Gasteiger partial charge in [-0.15, -0.1) is 0 Å². The second-order valence-electron chi connectivity index (χ2n) is 10.3. The van der Waals surface area contributed by atoms with Gasteiger partial charge in [-0.2, -0.15) is 0 Å². The summed E-state index contributed by atoms with van der Waals surface area (Å²) in [6, 6.07) is 5.16. The molecule has 3 fully saturated rings. The molecule has 180 valence electrons. The number of hydrogen-bond donors (Lipinski definition) is 3. The number of H-pyrrole nitrogens is 1. The van der Waals surface area contributed by atoms with Gasteiger partial charge in [-0.05, 0) is 61.1 Å². The van der Waals surface area contributed by atoms with Crippen LogP contribution < -0.4 is 11.1 Å². The van der Waals surface area contributed by atoms with E-state index in [0.717, 1.165) is 29.4 Å². The third kappa shape index (κ3) is 5.03. The monoisotopic (exact) mass is 466 g/mol. The number of carbonyl (C=O) groups is 1. The van der Waals surface area contributed by atoms with E-state index in [-0.39, 0.29) is 55.9 Å². The summed E-state index contributed by atoms with van der Waals surface area (Å²) in [5, 5.41) is 3.06. The molecule has 0 aliphatic heterocycles. The number of aromatic nitrogens is 2. The lowest BCUT2D eigenvalue weighted by Gasteiger charge is -2.34. The Bertz CT molecular complexity index is 1020. The van der Waals surface area contributed by atoms with Crippen molar-refractivity contribution in [3.8, 4) is 0 Å². The number of rotatable bonds is 7. The molecular formula is C24H30F4N4O. The summed E-state index contributed by atoms with van der Waals surface area (Å²) in [7, 11) is 0. The van der Waals surface area contributed by atoms with E-state index in [1.807, 2.05) is 18.2 Å². The SMILES string of the molecule is N[C@H](c1nc2ccc([C@H](NC(=O)CC3CC(F)(F)C3)C3CC3)cc2[nH]1)C1CCC(F)(F)CC1. The Morgan fingerprint density at radius 2 is 1.79 bits per heavy atom. The van der Waals surface area contributed by atoms with Crippen molar-refractivity contribution in [3.05, 3.63) is 29.6 Å². The van der Waals surface area contributed by atoms with Crippen molar-refractivity contribution in [2.45, 2.75) is 81.7 Å². The summed E-state index contributed by atoms with van der Waals surface area (Å²) in [6.45, 7) is 0.